The van der Waals surface area contributed by atoms with E-state index < -0.39 is 12.0 Å². The van der Waals surface area contributed by atoms with Gasteiger partial charge in [0.15, 0.2) is 0 Å². The van der Waals surface area contributed by atoms with E-state index in [0.29, 0.717) is 60.7 Å². The van der Waals surface area contributed by atoms with Crippen LogP contribution in [-0.4, -0.2) is 68.6 Å². The number of carbonyl (C=O) groups excluding carboxylic acids is 2. The van der Waals surface area contributed by atoms with Crippen LogP contribution in [0.15, 0.2) is 60.9 Å². The SMILES string of the molecule is Cc1c(NC(=O)c2cc(C3CC3)c(CNCCO)cn2)cccc1-c1cccc(NC(=O)c2cc(C3CC3)c(CN3CCCC[C@H]3C(=O)O)cn2)c1C. The van der Waals surface area contributed by atoms with Crippen molar-refractivity contribution >= 4 is 29.2 Å². The summed E-state index contributed by atoms with van der Waals surface area (Å²) in [6.45, 7) is 6.37. The Hall–Kier alpha value is -4.97. The van der Waals surface area contributed by atoms with Gasteiger partial charge >= 0.3 is 5.97 Å². The first kappa shape index (κ1) is 36.4. The number of rotatable bonds is 14. The molecule has 3 heterocycles. The summed E-state index contributed by atoms with van der Waals surface area (Å²) in [4.78, 5) is 50.1. The quantitative estimate of drug-likeness (QED) is 0.0915. The van der Waals surface area contributed by atoms with Gasteiger partial charge in [-0.2, -0.15) is 0 Å². The number of hydrogen-bond donors (Lipinski definition) is 5. The summed E-state index contributed by atoms with van der Waals surface area (Å²) < 4.78 is 0. The zero-order chi connectivity index (χ0) is 37.1. The highest BCUT2D eigenvalue weighted by Crippen LogP contribution is 2.43. The average molecular weight is 717 g/mol. The maximum atomic E-state index is 13.7. The molecule has 2 aliphatic carbocycles. The lowest BCUT2D eigenvalue weighted by atomic mass is 9.94. The van der Waals surface area contributed by atoms with Crippen molar-refractivity contribution in [2.45, 2.75) is 89.8 Å². The van der Waals surface area contributed by atoms with Crippen molar-refractivity contribution in [2.24, 2.45) is 0 Å². The number of hydrogen-bond acceptors (Lipinski definition) is 8. The monoisotopic (exact) mass is 716 g/mol. The molecule has 0 bridgehead atoms. The molecular formula is C42H48N6O5. The van der Waals surface area contributed by atoms with Crippen LogP contribution in [0.5, 0.6) is 0 Å². The maximum Gasteiger partial charge on any atom is 0.320 e. The summed E-state index contributed by atoms with van der Waals surface area (Å²) in [6.07, 6.45) is 10.4. The number of nitrogens with one attached hydrogen (secondary N) is 3. The molecule has 0 unspecified atom stereocenters. The molecule has 276 valence electrons. The topological polar surface area (TPSA) is 157 Å². The van der Waals surface area contributed by atoms with Gasteiger partial charge in [0.05, 0.1) is 6.61 Å². The second-order valence-electron chi connectivity index (χ2n) is 14.7. The van der Waals surface area contributed by atoms with Gasteiger partial charge in [-0.05, 0) is 140 Å². The van der Waals surface area contributed by atoms with E-state index in [0.717, 1.165) is 89.6 Å². The van der Waals surface area contributed by atoms with Crippen LogP contribution >= 0.6 is 0 Å². The molecule has 2 amide bonds. The van der Waals surface area contributed by atoms with Gasteiger partial charge in [-0.25, -0.2) is 0 Å². The van der Waals surface area contributed by atoms with Gasteiger partial charge in [-0.3, -0.25) is 29.3 Å². The standard InChI is InChI=1S/C42H48N6O5/c1-25-31(7-5-9-35(25)46-40(50)37-19-33(27-12-13-27)29(22-44-37)21-43-16-18-49)32-8-6-10-36(26(32)2)47-41(51)38-20-34(28-14-15-28)30(23-45-38)24-48-17-4-3-11-39(48)42(52)53/h5-10,19-20,22-23,27-28,39,43,49H,3-4,11-18,21,24H2,1-2H3,(H,46,50)(H,47,51)(H,52,53)/t39-/m0/s1. The zero-order valence-electron chi connectivity index (χ0n) is 30.5. The maximum absolute atomic E-state index is 13.7. The number of carbonyl (C=O) groups is 3. The third-order valence-electron chi connectivity index (χ3n) is 10.9. The number of anilines is 2. The summed E-state index contributed by atoms with van der Waals surface area (Å²) in [5.41, 5.74) is 9.98. The number of aliphatic carboxylic acids is 1. The first-order valence-electron chi connectivity index (χ1n) is 18.8. The first-order valence-corrected chi connectivity index (χ1v) is 18.8. The van der Waals surface area contributed by atoms with Crippen molar-refractivity contribution in [1.29, 1.82) is 0 Å². The highest BCUT2D eigenvalue weighted by molar-refractivity contribution is 6.05. The van der Waals surface area contributed by atoms with Crippen LogP contribution in [0, 0.1) is 13.8 Å². The Morgan fingerprint density at radius 1 is 0.774 bits per heavy atom. The third kappa shape index (κ3) is 8.32. The molecule has 5 N–H and O–H groups in total. The van der Waals surface area contributed by atoms with Crippen molar-refractivity contribution in [2.75, 3.05) is 30.3 Å². The van der Waals surface area contributed by atoms with Crippen LogP contribution in [0.1, 0.15) is 111 Å². The van der Waals surface area contributed by atoms with Gasteiger partial charge in [-0.1, -0.05) is 30.7 Å². The Morgan fingerprint density at radius 3 is 1.85 bits per heavy atom. The fourth-order valence-electron chi connectivity index (χ4n) is 7.55. The number of carboxylic acids is 1. The Kier molecular flexibility index (Phi) is 11.0. The van der Waals surface area contributed by atoms with Gasteiger partial charge in [-0.15, -0.1) is 0 Å². The third-order valence-corrected chi connectivity index (χ3v) is 10.9. The molecule has 2 aromatic carbocycles. The molecule has 2 aromatic heterocycles. The molecule has 1 aliphatic heterocycles. The molecule has 11 heteroatoms. The molecule has 3 fully saturated rings. The largest absolute Gasteiger partial charge is 0.480 e. The van der Waals surface area contributed by atoms with E-state index in [4.69, 9.17) is 5.11 Å². The van der Waals surface area contributed by atoms with Gasteiger partial charge < -0.3 is 26.2 Å². The Balaban J connectivity index is 1.07. The van der Waals surface area contributed by atoms with Gasteiger partial charge in [0.1, 0.15) is 17.4 Å². The highest BCUT2D eigenvalue weighted by Gasteiger charge is 2.32. The van der Waals surface area contributed by atoms with Crippen molar-refractivity contribution in [3.63, 3.8) is 0 Å². The van der Waals surface area contributed by atoms with Crippen LogP contribution in [-0.2, 0) is 17.9 Å². The van der Waals surface area contributed by atoms with E-state index >= 15 is 0 Å². The fourth-order valence-corrected chi connectivity index (χ4v) is 7.55. The van der Waals surface area contributed by atoms with Crippen LogP contribution in [0.4, 0.5) is 11.4 Å². The number of likely N-dealkylation sites (tertiary alicyclic amines) is 1. The molecule has 0 radical (unpaired) electrons. The van der Waals surface area contributed by atoms with Gasteiger partial charge in [0.2, 0.25) is 0 Å². The van der Waals surface area contributed by atoms with E-state index in [9.17, 15) is 19.5 Å². The number of benzene rings is 2. The Morgan fingerprint density at radius 2 is 1.32 bits per heavy atom. The number of pyridine rings is 2. The molecule has 3 aliphatic rings. The minimum Gasteiger partial charge on any atom is -0.480 e. The number of piperidine rings is 1. The zero-order valence-corrected chi connectivity index (χ0v) is 30.5. The van der Waals surface area contributed by atoms with Gasteiger partial charge in [0, 0.05) is 43.4 Å². The highest BCUT2D eigenvalue weighted by atomic mass is 16.4. The first-order chi connectivity index (χ1) is 25.7. The summed E-state index contributed by atoms with van der Waals surface area (Å²) in [6, 6.07) is 14.9. The number of aromatic nitrogens is 2. The average Bonchev–Trinajstić information content (AvgIpc) is 4.09. The lowest BCUT2D eigenvalue weighted by Crippen LogP contribution is -2.44. The molecule has 7 rings (SSSR count). The van der Waals surface area contributed by atoms with Crippen molar-refractivity contribution in [3.8, 4) is 11.1 Å². The van der Waals surface area contributed by atoms with E-state index in [2.05, 4.69) is 25.9 Å². The predicted molar refractivity (Wildman–Crippen MR) is 204 cm³/mol. The van der Waals surface area contributed by atoms with Crippen LogP contribution in [0.2, 0.25) is 0 Å². The van der Waals surface area contributed by atoms with Crippen LogP contribution < -0.4 is 16.0 Å². The van der Waals surface area contributed by atoms with Crippen molar-refractivity contribution in [1.82, 2.24) is 20.2 Å². The molecule has 1 atom stereocenters. The molecule has 2 saturated carbocycles. The molecule has 4 aromatic rings. The van der Waals surface area contributed by atoms with Gasteiger partial charge in [0.25, 0.3) is 11.8 Å². The fraction of sp³-hybridized carbons (Fsp3) is 0.405. The lowest BCUT2D eigenvalue weighted by molar-refractivity contribution is -0.144. The van der Waals surface area contributed by atoms with E-state index in [-0.39, 0.29) is 18.4 Å². The number of aliphatic hydroxyl groups excluding tert-OH is 1. The smallest absolute Gasteiger partial charge is 0.320 e. The second kappa shape index (κ2) is 16.0. The second-order valence-corrected chi connectivity index (χ2v) is 14.7. The summed E-state index contributed by atoms with van der Waals surface area (Å²) in [7, 11) is 0. The minimum atomic E-state index is -0.781. The van der Waals surface area contributed by atoms with Crippen LogP contribution in [0.25, 0.3) is 11.1 Å². The van der Waals surface area contributed by atoms with Crippen molar-refractivity contribution < 1.29 is 24.6 Å². The lowest BCUT2D eigenvalue weighted by Gasteiger charge is -2.33. The predicted octanol–water partition coefficient (Wildman–Crippen LogP) is 6.54. The van der Waals surface area contributed by atoms with Crippen LogP contribution in [0.3, 0.4) is 0 Å². The molecule has 0 spiro atoms. The van der Waals surface area contributed by atoms with Crippen molar-refractivity contribution in [3.05, 3.63) is 106 Å². The molecule has 53 heavy (non-hydrogen) atoms. The van der Waals surface area contributed by atoms with E-state index in [1.165, 1.54) is 0 Å². The summed E-state index contributed by atoms with van der Waals surface area (Å²) in [5.74, 6) is -0.558. The minimum absolute atomic E-state index is 0.0653. The Labute approximate surface area is 310 Å². The summed E-state index contributed by atoms with van der Waals surface area (Å²) in [5, 5.41) is 28.3. The van der Waals surface area contributed by atoms with E-state index in [1.807, 2.05) is 67.3 Å². The Bertz CT molecular complexity index is 2020. The molecule has 11 nitrogen and oxygen atoms in total. The molecular weight excluding hydrogens is 668 g/mol. The number of carboxylic acid groups (broad SMARTS) is 1. The number of nitrogens with zero attached hydrogens (tertiary/aromatic N) is 3. The summed E-state index contributed by atoms with van der Waals surface area (Å²) >= 11 is 0. The molecule has 1 saturated heterocycles. The van der Waals surface area contributed by atoms with E-state index in [1.54, 1.807) is 12.4 Å². The number of aliphatic hydroxyl groups is 1. The normalized spacial score (nSPS) is 17.4. The number of amides is 2.